The van der Waals surface area contributed by atoms with Gasteiger partial charge in [-0.3, -0.25) is 0 Å². The zero-order valence-corrected chi connectivity index (χ0v) is 32.5. The molecule has 1 aliphatic rings. The van der Waals surface area contributed by atoms with Gasteiger partial charge in [0.1, 0.15) is 0 Å². The molecule has 8 unspecified atom stereocenters. The first-order valence-corrected chi connectivity index (χ1v) is 18.9. The molecule has 0 radical (unpaired) electrons. The summed E-state index contributed by atoms with van der Waals surface area (Å²) in [5.74, 6) is 5.15. The van der Waals surface area contributed by atoms with Crippen molar-refractivity contribution in [2.45, 2.75) is 141 Å². The minimum atomic E-state index is 0.478. The molecule has 0 heteroatoms. The Bertz CT molecular complexity index is 1360. The van der Waals surface area contributed by atoms with E-state index in [2.05, 4.69) is 145 Å². The lowest BCUT2D eigenvalue weighted by atomic mass is 9.53. The van der Waals surface area contributed by atoms with Gasteiger partial charge in [0.2, 0.25) is 0 Å². The molecule has 0 heterocycles. The Hall–Kier alpha value is -2.34. The highest BCUT2D eigenvalue weighted by molar-refractivity contribution is 5.42. The van der Waals surface area contributed by atoms with Crippen LogP contribution in [0.2, 0.25) is 0 Å². The number of hydrogen-bond acceptors (Lipinski definition) is 0. The van der Waals surface area contributed by atoms with E-state index in [4.69, 9.17) is 0 Å². The largest absolute Gasteiger partial charge is 0.0839 e. The van der Waals surface area contributed by atoms with Crippen molar-refractivity contribution in [3.8, 4) is 0 Å². The van der Waals surface area contributed by atoms with Crippen molar-refractivity contribution in [3.05, 3.63) is 104 Å². The molecule has 3 rings (SSSR count). The average Bonchev–Trinajstić information content (AvgIpc) is 3.03. The van der Waals surface area contributed by atoms with E-state index in [1.54, 1.807) is 27.9 Å². The van der Waals surface area contributed by atoms with Crippen LogP contribution in [0.3, 0.4) is 0 Å². The summed E-state index contributed by atoms with van der Waals surface area (Å²) < 4.78 is 0. The molecule has 0 amide bonds. The Labute approximate surface area is 286 Å². The zero-order valence-electron chi connectivity index (χ0n) is 32.5. The summed E-state index contributed by atoms with van der Waals surface area (Å²) in [5, 5.41) is 0. The summed E-state index contributed by atoms with van der Waals surface area (Å²) in [6, 6.07) is 16.1. The van der Waals surface area contributed by atoms with E-state index in [1.807, 2.05) is 0 Å². The molecule has 2 aromatic carbocycles. The summed E-state index contributed by atoms with van der Waals surface area (Å²) in [7, 11) is 0. The highest BCUT2D eigenvalue weighted by Crippen LogP contribution is 2.56. The molecule has 1 fully saturated rings. The third-order valence-corrected chi connectivity index (χ3v) is 12.8. The molecular weight excluding hydrogens is 553 g/mol. The fraction of sp³-hybridized carbons (Fsp3) is 0.609. The molecule has 1 saturated carbocycles. The van der Waals surface area contributed by atoms with Crippen LogP contribution >= 0.6 is 0 Å². The minimum Gasteiger partial charge on any atom is -0.0839 e. The van der Waals surface area contributed by atoms with Gasteiger partial charge in [0.25, 0.3) is 0 Å². The van der Waals surface area contributed by atoms with Crippen LogP contribution in [-0.2, 0) is 6.42 Å². The van der Waals surface area contributed by atoms with Crippen molar-refractivity contribution in [3.63, 3.8) is 0 Å². The molecule has 0 N–H and O–H groups in total. The van der Waals surface area contributed by atoms with E-state index in [9.17, 15) is 0 Å². The van der Waals surface area contributed by atoms with Crippen molar-refractivity contribution in [2.75, 3.05) is 0 Å². The fourth-order valence-electron chi connectivity index (χ4n) is 8.79. The number of allylic oxidation sites excluding steroid dienone is 6. The number of rotatable bonds is 15. The maximum Gasteiger partial charge on any atom is -0.00190 e. The summed E-state index contributed by atoms with van der Waals surface area (Å²) >= 11 is 0. The predicted molar refractivity (Wildman–Crippen MR) is 206 cm³/mol. The lowest BCUT2D eigenvalue weighted by molar-refractivity contribution is 0.0578. The quantitative estimate of drug-likeness (QED) is 0.173. The molecule has 0 spiro atoms. The van der Waals surface area contributed by atoms with Gasteiger partial charge in [0.05, 0.1) is 0 Å². The van der Waals surface area contributed by atoms with Crippen LogP contribution in [0.15, 0.2) is 76.4 Å². The maximum absolute atomic E-state index is 2.71. The number of hydrogen-bond donors (Lipinski definition) is 0. The topological polar surface area (TPSA) is 0 Å². The van der Waals surface area contributed by atoms with E-state index in [1.165, 1.54) is 53.5 Å². The van der Waals surface area contributed by atoms with E-state index < -0.39 is 0 Å². The molecule has 1 aliphatic carbocycles. The molecule has 0 aromatic heterocycles. The third kappa shape index (κ3) is 8.96. The van der Waals surface area contributed by atoms with Crippen molar-refractivity contribution >= 4 is 0 Å². The SMILES string of the molecule is CCCC(Cc1ccccc1)C(C)C(=CCC(C)C(CC1C(C)C(C)C1c1cc(C)cc(C)c1C)=C(C)CC)C(C)C(C)=C(C)C. The van der Waals surface area contributed by atoms with Crippen molar-refractivity contribution in [1.29, 1.82) is 0 Å². The van der Waals surface area contributed by atoms with Crippen LogP contribution in [0, 0.1) is 62.2 Å². The average molecular weight is 623 g/mol. The van der Waals surface area contributed by atoms with Gasteiger partial charge in [-0.2, -0.15) is 0 Å². The van der Waals surface area contributed by atoms with Gasteiger partial charge < -0.3 is 0 Å². The van der Waals surface area contributed by atoms with Gasteiger partial charge in [-0.25, -0.2) is 0 Å². The van der Waals surface area contributed by atoms with Gasteiger partial charge in [-0.15, -0.1) is 0 Å². The van der Waals surface area contributed by atoms with Crippen molar-refractivity contribution < 1.29 is 0 Å². The van der Waals surface area contributed by atoms with Gasteiger partial charge in [0, 0.05) is 0 Å². The van der Waals surface area contributed by atoms with E-state index in [-0.39, 0.29) is 0 Å². The summed E-state index contributed by atoms with van der Waals surface area (Å²) in [5.41, 5.74) is 15.5. The highest BCUT2D eigenvalue weighted by Gasteiger charge is 2.46. The van der Waals surface area contributed by atoms with E-state index in [0.717, 1.165) is 30.6 Å². The minimum absolute atomic E-state index is 0.478. The number of benzene rings is 2. The van der Waals surface area contributed by atoms with Gasteiger partial charge in [-0.05, 0) is 150 Å². The predicted octanol–water partition coefficient (Wildman–Crippen LogP) is 14.0. The van der Waals surface area contributed by atoms with Gasteiger partial charge in [0.15, 0.2) is 0 Å². The standard InChI is InChI=1S/C46H70/c1-15-20-41(27-40-21-18-17-19-22-40)39(14)42(36(11)34(9)29(3)4)24-23-32(7)43(31(6)16-2)28-45-37(12)38(13)46(45)44-26-30(5)25-33(8)35(44)10/h17-19,21-22,24-26,32,36-39,41,45-46H,15-16,20,23,27-28H2,1-14H3. The van der Waals surface area contributed by atoms with E-state index >= 15 is 0 Å². The number of aryl methyl sites for hydroxylation is 2. The Morgan fingerprint density at radius 3 is 2.11 bits per heavy atom. The van der Waals surface area contributed by atoms with Crippen LogP contribution in [0.1, 0.15) is 142 Å². The third-order valence-electron chi connectivity index (χ3n) is 12.8. The smallest absolute Gasteiger partial charge is 0.00190 e. The normalized spacial score (nSPS) is 23.2. The van der Waals surface area contributed by atoms with Crippen LogP contribution in [0.4, 0.5) is 0 Å². The monoisotopic (exact) mass is 623 g/mol. The summed E-state index contributed by atoms with van der Waals surface area (Å²) in [6.45, 7) is 33.6. The van der Waals surface area contributed by atoms with E-state index in [0.29, 0.717) is 29.6 Å². The summed E-state index contributed by atoms with van der Waals surface area (Å²) in [6.07, 6.45) is 9.93. The van der Waals surface area contributed by atoms with Crippen molar-refractivity contribution in [2.24, 2.45) is 41.4 Å². The fourth-order valence-corrected chi connectivity index (χ4v) is 8.79. The van der Waals surface area contributed by atoms with Gasteiger partial charge >= 0.3 is 0 Å². The molecule has 0 aliphatic heterocycles. The van der Waals surface area contributed by atoms with Crippen LogP contribution in [-0.4, -0.2) is 0 Å². The van der Waals surface area contributed by atoms with Crippen LogP contribution in [0.5, 0.6) is 0 Å². The molecule has 0 bridgehead atoms. The molecule has 0 saturated heterocycles. The molecule has 8 atom stereocenters. The Balaban J connectivity index is 1.95. The lowest BCUT2D eigenvalue weighted by Crippen LogP contribution is -2.42. The Morgan fingerprint density at radius 2 is 1.52 bits per heavy atom. The first-order valence-electron chi connectivity index (χ1n) is 18.9. The molecule has 0 nitrogen and oxygen atoms in total. The van der Waals surface area contributed by atoms with Crippen molar-refractivity contribution in [1.82, 2.24) is 0 Å². The molecule has 46 heavy (non-hydrogen) atoms. The zero-order chi connectivity index (χ0) is 34.3. The first-order chi connectivity index (χ1) is 21.7. The maximum atomic E-state index is 2.71. The molecular formula is C46H70. The second-order valence-electron chi connectivity index (χ2n) is 15.8. The highest BCUT2D eigenvalue weighted by atomic mass is 14.5. The molecule has 2 aromatic rings. The van der Waals surface area contributed by atoms with Crippen LogP contribution < -0.4 is 0 Å². The Kier molecular flexibility index (Phi) is 14.2. The second-order valence-corrected chi connectivity index (χ2v) is 15.8. The Morgan fingerprint density at radius 1 is 0.870 bits per heavy atom. The molecule has 254 valence electrons. The second kappa shape index (κ2) is 17.2. The van der Waals surface area contributed by atoms with Gasteiger partial charge in [-0.1, -0.05) is 137 Å². The first kappa shape index (κ1) is 38.1. The lowest BCUT2D eigenvalue weighted by Gasteiger charge is -2.51. The summed E-state index contributed by atoms with van der Waals surface area (Å²) in [4.78, 5) is 0. The van der Waals surface area contributed by atoms with Crippen LogP contribution in [0.25, 0.3) is 0 Å².